The van der Waals surface area contributed by atoms with Crippen LogP contribution in [0.1, 0.15) is 44.2 Å². The first-order chi connectivity index (χ1) is 13.5. The highest BCUT2D eigenvalue weighted by Gasteiger charge is 2.20. The molecule has 5 nitrogen and oxygen atoms in total. The number of rotatable bonds is 7. The van der Waals surface area contributed by atoms with Crippen LogP contribution in [0.2, 0.25) is 0 Å². The predicted molar refractivity (Wildman–Crippen MR) is 111 cm³/mol. The largest absolute Gasteiger partial charge is 0.452 e. The first-order valence-corrected chi connectivity index (χ1v) is 9.63. The minimum absolute atomic E-state index is 0.116. The maximum Gasteiger partial charge on any atom is 0.311 e. The summed E-state index contributed by atoms with van der Waals surface area (Å²) >= 11 is 0. The average Bonchev–Trinajstić information content (AvgIpc) is 3.10. The molecule has 0 radical (unpaired) electrons. The lowest BCUT2D eigenvalue weighted by molar-refractivity contribution is -0.152. The standard InChI is InChI=1S/C23H26N2O3/c1-4-15(2)18-9-5-8-12-21(18)25-23(27)16(3)28-22(26)13-17-14-24-20-11-7-6-10-19(17)20/h5-12,14-16,24H,4,13H2,1-3H3,(H,25,27)/t15-,16-/m0/s1. The van der Waals surface area contributed by atoms with Gasteiger partial charge in [-0.1, -0.05) is 50.2 Å². The number of anilines is 1. The molecule has 1 amide bonds. The van der Waals surface area contributed by atoms with Gasteiger partial charge in [0.05, 0.1) is 6.42 Å². The average molecular weight is 378 g/mol. The number of ether oxygens (including phenoxy) is 1. The van der Waals surface area contributed by atoms with Crippen molar-refractivity contribution in [2.75, 3.05) is 5.32 Å². The van der Waals surface area contributed by atoms with Crippen LogP contribution in [0.15, 0.2) is 54.7 Å². The van der Waals surface area contributed by atoms with E-state index in [1.165, 1.54) is 0 Å². The van der Waals surface area contributed by atoms with Crippen LogP contribution in [0.5, 0.6) is 0 Å². The molecular formula is C23H26N2O3. The first kappa shape index (κ1) is 19.7. The Kier molecular flexibility index (Phi) is 6.14. The normalized spacial score (nSPS) is 13.1. The smallest absolute Gasteiger partial charge is 0.311 e. The van der Waals surface area contributed by atoms with Crippen molar-refractivity contribution in [1.29, 1.82) is 0 Å². The van der Waals surface area contributed by atoms with Gasteiger partial charge >= 0.3 is 5.97 Å². The number of hydrogen-bond donors (Lipinski definition) is 2. The number of carbonyl (C=O) groups excluding carboxylic acids is 2. The van der Waals surface area contributed by atoms with Crippen molar-refractivity contribution in [1.82, 2.24) is 4.98 Å². The molecule has 2 atom stereocenters. The van der Waals surface area contributed by atoms with Crippen molar-refractivity contribution >= 4 is 28.5 Å². The van der Waals surface area contributed by atoms with Gasteiger partial charge in [0.2, 0.25) is 0 Å². The molecule has 1 aromatic heterocycles. The van der Waals surface area contributed by atoms with Crippen molar-refractivity contribution in [3.05, 3.63) is 65.9 Å². The number of carbonyl (C=O) groups is 2. The summed E-state index contributed by atoms with van der Waals surface area (Å²) in [7, 11) is 0. The van der Waals surface area contributed by atoms with Gasteiger partial charge in [0, 0.05) is 22.8 Å². The van der Waals surface area contributed by atoms with Crippen LogP contribution in [0.4, 0.5) is 5.69 Å². The van der Waals surface area contributed by atoms with Crippen molar-refractivity contribution in [2.45, 2.75) is 45.6 Å². The number of aromatic amines is 1. The van der Waals surface area contributed by atoms with E-state index in [9.17, 15) is 9.59 Å². The minimum Gasteiger partial charge on any atom is -0.452 e. The number of aromatic nitrogens is 1. The molecule has 0 aliphatic carbocycles. The van der Waals surface area contributed by atoms with Gasteiger partial charge in [0.1, 0.15) is 0 Å². The molecule has 1 heterocycles. The maximum absolute atomic E-state index is 12.5. The van der Waals surface area contributed by atoms with E-state index in [2.05, 4.69) is 24.1 Å². The number of nitrogens with one attached hydrogen (secondary N) is 2. The Balaban J connectivity index is 1.62. The summed E-state index contributed by atoms with van der Waals surface area (Å²) in [6.45, 7) is 5.82. The number of hydrogen-bond acceptors (Lipinski definition) is 3. The monoisotopic (exact) mass is 378 g/mol. The molecular weight excluding hydrogens is 352 g/mol. The molecule has 146 valence electrons. The van der Waals surface area contributed by atoms with E-state index in [0.29, 0.717) is 5.92 Å². The van der Waals surface area contributed by atoms with Gasteiger partial charge in [-0.25, -0.2) is 0 Å². The van der Waals surface area contributed by atoms with E-state index in [1.807, 2.05) is 48.5 Å². The van der Waals surface area contributed by atoms with Crippen molar-refractivity contribution in [3.63, 3.8) is 0 Å². The highest BCUT2D eigenvalue weighted by atomic mass is 16.5. The Morgan fingerprint density at radius 2 is 1.79 bits per heavy atom. The number of H-pyrrole nitrogens is 1. The van der Waals surface area contributed by atoms with Gasteiger partial charge < -0.3 is 15.0 Å². The summed E-state index contributed by atoms with van der Waals surface area (Å²) in [5.74, 6) is -0.429. The highest BCUT2D eigenvalue weighted by molar-refractivity contribution is 5.96. The Bertz CT molecular complexity index is 977. The quantitative estimate of drug-likeness (QED) is 0.581. The second kappa shape index (κ2) is 8.74. The fourth-order valence-electron chi connectivity index (χ4n) is 3.22. The molecule has 0 saturated heterocycles. The van der Waals surface area contributed by atoms with Crippen LogP contribution in [0.25, 0.3) is 10.9 Å². The van der Waals surface area contributed by atoms with E-state index < -0.39 is 12.1 Å². The third-order valence-electron chi connectivity index (χ3n) is 5.05. The van der Waals surface area contributed by atoms with Crippen LogP contribution in [-0.2, 0) is 20.7 Å². The molecule has 0 spiro atoms. The fraction of sp³-hybridized carbons (Fsp3) is 0.304. The van der Waals surface area contributed by atoms with Gasteiger partial charge in [0.15, 0.2) is 6.10 Å². The molecule has 0 aliphatic heterocycles. The summed E-state index contributed by atoms with van der Waals surface area (Å²) in [6.07, 6.45) is 2.02. The molecule has 0 fully saturated rings. The summed E-state index contributed by atoms with van der Waals surface area (Å²) in [6, 6.07) is 15.5. The number of amides is 1. The molecule has 0 saturated carbocycles. The summed E-state index contributed by atoms with van der Waals surface area (Å²) in [5, 5.41) is 3.88. The molecule has 0 unspecified atom stereocenters. The van der Waals surface area contributed by atoms with Crippen LogP contribution < -0.4 is 5.32 Å². The molecule has 0 aliphatic rings. The number of fused-ring (bicyclic) bond motifs is 1. The topological polar surface area (TPSA) is 71.2 Å². The maximum atomic E-state index is 12.5. The second-order valence-corrected chi connectivity index (χ2v) is 7.05. The Hall–Kier alpha value is -3.08. The van der Waals surface area contributed by atoms with E-state index in [0.717, 1.165) is 34.1 Å². The zero-order chi connectivity index (χ0) is 20.1. The molecule has 3 rings (SSSR count). The molecule has 2 N–H and O–H groups in total. The van der Waals surface area contributed by atoms with Crippen molar-refractivity contribution < 1.29 is 14.3 Å². The van der Waals surface area contributed by atoms with E-state index >= 15 is 0 Å². The van der Waals surface area contributed by atoms with E-state index in [-0.39, 0.29) is 12.3 Å². The Morgan fingerprint density at radius 3 is 2.57 bits per heavy atom. The molecule has 0 bridgehead atoms. The van der Waals surface area contributed by atoms with Crippen LogP contribution in [0, 0.1) is 0 Å². The lowest BCUT2D eigenvalue weighted by Gasteiger charge is -2.18. The predicted octanol–water partition coefficient (Wildman–Crippen LogP) is 4.79. The zero-order valence-corrected chi connectivity index (χ0v) is 16.5. The van der Waals surface area contributed by atoms with Gasteiger partial charge in [-0.3, -0.25) is 9.59 Å². The molecule has 5 heteroatoms. The first-order valence-electron chi connectivity index (χ1n) is 9.63. The fourth-order valence-corrected chi connectivity index (χ4v) is 3.22. The van der Waals surface area contributed by atoms with Crippen LogP contribution in [0.3, 0.4) is 0 Å². The number of benzene rings is 2. The van der Waals surface area contributed by atoms with Crippen molar-refractivity contribution in [2.24, 2.45) is 0 Å². The number of esters is 1. The third kappa shape index (κ3) is 4.42. The van der Waals surface area contributed by atoms with Crippen LogP contribution >= 0.6 is 0 Å². The van der Waals surface area contributed by atoms with Gasteiger partial charge in [-0.15, -0.1) is 0 Å². The lowest BCUT2D eigenvalue weighted by Crippen LogP contribution is -2.30. The Labute approximate surface area is 165 Å². The van der Waals surface area contributed by atoms with E-state index in [4.69, 9.17) is 4.74 Å². The summed E-state index contributed by atoms with van der Waals surface area (Å²) < 4.78 is 5.37. The minimum atomic E-state index is -0.873. The third-order valence-corrected chi connectivity index (χ3v) is 5.05. The van der Waals surface area contributed by atoms with E-state index in [1.54, 1.807) is 13.1 Å². The van der Waals surface area contributed by atoms with Crippen LogP contribution in [-0.4, -0.2) is 23.0 Å². The molecule has 3 aromatic rings. The summed E-state index contributed by atoms with van der Waals surface area (Å²) in [5.41, 5.74) is 3.67. The van der Waals surface area contributed by atoms with Gasteiger partial charge in [-0.05, 0) is 42.5 Å². The second-order valence-electron chi connectivity index (χ2n) is 7.05. The lowest BCUT2D eigenvalue weighted by atomic mass is 9.97. The number of para-hydroxylation sites is 2. The van der Waals surface area contributed by atoms with Crippen molar-refractivity contribution in [3.8, 4) is 0 Å². The van der Waals surface area contributed by atoms with Gasteiger partial charge in [0.25, 0.3) is 5.91 Å². The molecule has 2 aromatic carbocycles. The zero-order valence-electron chi connectivity index (χ0n) is 16.5. The Morgan fingerprint density at radius 1 is 1.07 bits per heavy atom. The highest BCUT2D eigenvalue weighted by Crippen LogP contribution is 2.26. The summed E-state index contributed by atoms with van der Waals surface area (Å²) in [4.78, 5) is 28.0. The molecule has 28 heavy (non-hydrogen) atoms. The SMILES string of the molecule is CC[C@H](C)c1ccccc1NC(=O)[C@H](C)OC(=O)Cc1c[nH]c2ccccc12. The van der Waals surface area contributed by atoms with Gasteiger partial charge in [-0.2, -0.15) is 0 Å².